The summed E-state index contributed by atoms with van der Waals surface area (Å²) in [6.45, 7) is 41.4. The molecule has 0 unspecified atom stereocenters. The van der Waals surface area contributed by atoms with Crippen molar-refractivity contribution in [3.63, 3.8) is 0 Å². The Bertz CT molecular complexity index is 1340. The molecule has 0 saturated heterocycles. The Morgan fingerprint density at radius 2 is 0.481 bits per heavy atom. The quantitative estimate of drug-likeness (QED) is 0.123. The topological polar surface area (TPSA) is 27.7 Å². The highest BCUT2D eigenvalue weighted by Crippen LogP contribution is 2.47. The van der Waals surface area contributed by atoms with Crippen LogP contribution in [0.2, 0.25) is 0 Å². The minimum absolute atomic E-state index is 0.130. The average molecular weight is 711 g/mol. The normalized spacial score (nSPS) is 13.3. The highest BCUT2D eigenvalue weighted by Gasteiger charge is 2.42. The molecule has 0 saturated carbocycles. The van der Waals surface area contributed by atoms with Gasteiger partial charge in [0.2, 0.25) is 0 Å². The lowest BCUT2D eigenvalue weighted by molar-refractivity contribution is 0.282. The third-order valence-electron chi connectivity index (χ3n) is 13.4. The molecule has 3 rings (SSSR count). The van der Waals surface area contributed by atoms with Crippen molar-refractivity contribution >= 4 is 7.32 Å². The van der Waals surface area contributed by atoms with Gasteiger partial charge in [0.25, 0.3) is 0 Å². The van der Waals surface area contributed by atoms with Crippen molar-refractivity contribution in [1.82, 2.24) is 0 Å². The molecule has 4 heteroatoms. The van der Waals surface area contributed by atoms with E-state index in [0.717, 1.165) is 55.8 Å². The predicted octanol–water partition coefficient (Wildman–Crippen LogP) is 14.3. The minimum atomic E-state index is -1.05. The summed E-state index contributed by atoms with van der Waals surface area (Å²) in [4.78, 5) is 0. The van der Waals surface area contributed by atoms with Gasteiger partial charge in [-0.05, 0) is 104 Å². The second kappa shape index (κ2) is 16.2. The summed E-state index contributed by atoms with van der Waals surface area (Å²) in [5, 5.41) is 0. The highest BCUT2D eigenvalue weighted by atomic mass is 16.7. The van der Waals surface area contributed by atoms with E-state index in [9.17, 15) is 0 Å². The van der Waals surface area contributed by atoms with Crippen molar-refractivity contribution in [2.75, 3.05) is 0 Å². The lowest BCUT2D eigenvalue weighted by Crippen LogP contribution is -2.41. The van der Waals surface area contributed by atoms with Gasteiger partial charge in [0.05, 0.1) is 0 Å². The van der Waals surface area contributed by atoms with Crippen LogP contribution in [0, 0.1) is 0 Å². The molecule has 0 aromatic heterocycles. The second-order valence-corrected chi connectivity index (χ2v) is 19.1. The zero-order valence-corrected chi connectivity index (χ0v) is 36.7. The summed E-state index contributed by atoms with van der Waals surface area (Å²) in [7, 11) is -1.05. The van der Waals surface area contributed by atoms with E-state index in [2.05, 4.69) is 179 Å². The van der Waals surface area contributed by atoms with E-state index in [0.29, 0.717) is 0 Å². The van der Waals surface area contributed by atoms with Crippen molar-refractivity contribution in [3.05, 3.63) is 88.0 Å². The lowest BCUT2D eigenvalue weighted by Gasteiger charge is -2.36. The van der Waals surface area contributed by atoms with Crippen molar-refractivity contribution in [2.24, 2.45) is 0 Å². The largest absolute Gasteiger partial charge is 0.864 e. The van der Waals surface area contributed by atoms with Gasteiger partial charge in [-0.2, -0.15) is 0 Å². The molecule has 0 N–H and O–H groups in total. The molecule has 0 spiro atoms. The van der Waals surface area contributed by atoms with E-state index in [1.54, 1.807) is 0 Å². The third-order valence-corrected chi connectivity index (χ3v) is 13.4. The molecule has 0 amide bonds. The number of para-hydroxylation sites is 3. The molecule has 288 valence electrons. The van der Waals surface area contributed by atoms with Crippen LogP contribution in [-0.4, -0.2) is 7.32 Å². The van der Waals surface area contributed by atoms with Crippen molar-refractivity contribution in [3.8, 4) is 17.2 Å². The Morgan fingerprint density at radius 3 is 0.615 bits per heavy atom. The molecular weight excluding hydrogens is 635 g/mol. The van der Waals surface area contributed by atoms with E-state index in [1.165, 1.54) is 33.4 Å². The van der Waals surface area contributed by atoms with Gasteiger partial charge in [0.15, 0.2) is 0 Å². The number of hydrogen-bond donors (Lipinski definition) is 0. The van der Waals surface area contributed by atoms with Gasteiger partial charge >= 0.3 is 7.32 Å². The SMILES string of the molecule is CCC(C)(C)c1cccc(C(C)(C)CC)c1OB(Oc1c(C(C)(C)CC)cccc1C(C)(C)CC)Oc1c(C(C)(C)CC)cccc1C(C)(C)CC. The zero-order valence-electron chi connectivity index (χ0n) is 36.7. The van der Waals surface area contributed by atoms with E-state index in [4.69, 9.17) is 14.0 Å². The fraction of sp³-hybridized carbons (Fsp3) is 0.625. The molecule has 0 aliphatic heterocycles. The summed E-state index contributed by atoms with van der Waals surface area (Å²) in [6, 6.07) is 20.0. The Hall–Kier alpha value is -2.88. The molecule has 0 fully saturated rings. The van der Waals surface area contributed by atoms with Crippen molar-refractivity contribution in [2.45, 2.75) is 196 Å². The molecule has 0 radical (unpaired) electrons. The molecule has 0 aliphatic rings. The Kier molecular flexibility index (Phi) is 13.6. The van der Waals surface area contributed by atoms with Gasteiger partial charge in [-0.1, -0.05) is 179 Å². The zero-order chi connectivity index (χ0) is 39.5. The smallest absolute Gasteiger partial charge is 0.489 e. The number of benzene rings is 3. The van der Waals surface area contributed by atoms with Crippen LogP contribution in [0.25, 0.3) is 0 Å². The van der Waals surface area contributed by atoms with Crippen molar-refractivity contribution < 1.29 is 14.0 Å². The summed E-state index contributed by atoms with van der Waals surface area (Å²) in [6.07, 6.45) is 5.81. The number of hydrogen-bond acceptors (Lipinski definition) is 3. The first-order chi connectivity index (χ1) is 24.0. The second-order valence-electron chi connectivity index (χ2n) is 19.1. The fourth-order valence-corrected chi connectivity index (χ4v) is 6.69. The van der Waals surface area contributed by atoms with Gasteiger partial charge in [-0.15, -0.1) is 0 Å². The monoisotopic (exact) mass is 711 g/mol. The molecule has 3 aromatic carbocycles. The average Bonchev–Trinajstić information content (AvgIpc) is 3.11. The highest BCUT2D eigenvalue weighted by molar-refractivity contribution is 6.40. The van der Waals surface area contributed by atoms with Crippen LogP contribution >= 0.6 is 0 Å². The Labute approximate surface area is 321 Å². The molecule has 0 atom stereocenters. The van der Waals surface area contributed by atoms with Crippen LogP contribution in [0.5, 0.6) is 17.2 Å². The van der Waals surface area contributed by atoms with Crippen LogP contribution in [0.1, 0.15) is 197 Å². The molecule has 0 aliphatic carbocycles. The van der Waals surface area contributed by atoms with Crippen LogP contribution in [0.15, 0.2) is 54.6 Å². The lowest BCUT2D eigenvalue weighted by atomic mass is 9.75. The van der Waals surface area contributed by atoms with Gasteiger partial charge in [-0.25, -0.2) is 0 Å². The van der Waals surface area contributed by atoms with Gasteiger partial charge in [0, 0.05) is 0 Å². The molecule has 3 nitrogen and oxygen atoms in total. The molecular formula is C48H75BO3. The molecule has 0 heterocycles. The van der Waals surface area contributed by atoms with E-state index >= 15 is 0 Å². The third kappa shape index (κ3) is 9.07. The van der Waals surface area contributed by atoms with Gasteiger partial charge in [-0.3, -0.25) is 0 Å². The summed E-state index contributed by atoms with van der Waals surface area (Å²) < 4.78 is 22.3. The summed E-state index contributed by atoms with van der Waals surface area (Å²) >= 11 is 0. The van der Waals surface area contributed by atoms with E-state index < -0.39 is 7.32 Å². The molecule has 52 heavy (non-hydrogen) atoms. The first-order valence-electron chi connectivity index (χ1n) is 20.4. The van der Waals surface area contributed by atoms with Crippen LogP contribution in [0.4, 0.5) is 0 Å². The Balaban J connectivity index is 2.53. The molecule has 0 bridgehead atoms. The maximum Gasteiger partial charge on any atom is 0.864 e. The van der Waals surface area contributed by atoms with Gasteiger partial charge < -0.3 is 14.0 Å². The van der Waals surface area contributed by atoms with E-state index in [1.807, 2.05) is 0 Å². The maximum absolute atomic E-state index is 7.42. The first-order valence-corrected chi connectivity index (χ1v) is 20.4. The number of rotatable bonds is 18. The Morgan fingerprint density at radius 1 is 0.327 bits per heavy atom. The predicted molar refractivity (Wildman–Crippen MR) is 227 cm³/mol. The fourth-order valence-electron chi connectivity index (χ4n) is 6.69. The van der Waals surface area contributed by atoms with E-state index in [-0.39, 0.29) is 32.5 Å². The maximum atomic E-state index is 7.42. The standard InChI is InChI=1S/C48H75BO3/c1-19-43(7,8)34-28-25-29-35(44(9,10)20-2)40(34)50-49(51-41-36(45(11,12)21-3)30-26-31-37(41)46(13,14)22-4)52-42-38(47(15,16)23-5)32-27-33-39(42)48(17,18)24-6/h25-33H,19-24H2,1-18H3. The van der Waals surface area contributed by atoms with Gasteiger partial charge in [0.1, 0.15) is 17.2 Å². The van der Waals surface area contributed by atoms with Crippen LogP contribution < -0.4 is 14.0 Å². The summed E-state index contributed by atoms with van der Waals surface area (Å²) in [5.74, 6) is 2.62. The minimum Gasteiger partial charge on any atom is -0.489 e. The van der Waals surface area contributed by atoms with Crippen LogP contribution in [0.3, 0.4) is 0 Å². The first kappa shape index (κ1) is 43.5. The van der Waals surface area contributed by atoms with Crippen molar-refractivity contribution in [1.29, 1.82) is 0 Å². The molecule has 3 aromatic rings. The van der Waals surface area contributed by atoms with Crippen LogP contribution in [-0.2, 0) is 32.5 Å². The summed E-state index contributed by atoms with van der Waals surface area (Å²) in [5.41, 5.74) is 6.29.